The molecule has 1 atom stereocenters. The van der Waals surface area contributed by atoms with Gasteiger partial charge in [0.25, 0.3) is 0 Å². The van der Waals surface area contributed by atoms with Gasteiger partial charge in [0.05, 0.1) is 6.54 Å². The van der Waals surface area contributed by atoms with Crippen LogP contribution < -0.4 is 4.90 Å². The third kappa shape index (κ3) is 4.03. The molecule has 3 aromatic heterocycles. The van der Waals surface area contributed by atoms with E-state index in [0.29, 0.717) is 35.8 Å². The van der Waals surface area contributed by atoms with E-state index in [1.54, 1.807) is 25.1 Å². The van der Waals surface area contributed by atoms with Crippen molar-refractivity contribution in [3.8, 4) is 0 Å². The highest BCUT2D eigenvalue weighted by atomic mass is 32.2. The molecule has 0 amide bonds. The monoisotopic (exact) mass is 490 g/mol. The second-order valence-electron chi connectivity index (χ2n) is 7.94. The molecule has 0 N–H and O–H groups in total. The summed E-state index contributed by atoms with van der Waals surface area (Å²) in [6.45, 7) is 3.04. The Labute approximate surface area is 198 Å². The molecule has 4 aromatic rings. The molecule has 0 radical (unpaired) electrons. The van der Waals surface area contributed by atoms with Gasteiger partial charge in [-0.15, -0.1) is 5.10 Å². The fourth-order valence-electron chi connectivity index (χ4n) is 3.84. The quantitative estimate of drug-likeness (QED) is 0.314. The van der Waals surface area contributed by atoms with Gasteiger partial charge in [0.1, 0.15) is 11.4 Å². The lowest BCUT2D eigenvalue weighted by Crippen LogP contribution is -2.26. The second-order valence-corrected chi connectivity index (χ2v) is 9.46. The van der Waals surface area contributed by atoms with Crippen molar-refractivity contribution >= 4 is 42.2 Å². The summed E-state index contributed by atoms with van der Waals surface area (Å²) in [7, 11) is 0. The minimum Gasteiger partial charge on any atom is -0.354 e. The molecule has 1 aliphatic rings. The average Bonchev–Trinajstić information content (AvgIpc) is 3.55. The van der Waals surface area contributed by atoms with Gasteiger partial charge in [0.15, 0.2) is 17.0 Å². The molecule has 4 heterocycles. The molecular weight excluding hydrogens is 470 g/mol. The molecule has 1 unspecified atom stereocenters. The number of hydrogen-bond donors (Lipinski definition) is 2. The Bertz CT molecular complexity index is 1280. The lowest BCUT2D eigenvalue weighted by atomic mass is 10.1. The maximum absolute atomic E-state index is 15.5. The zero-order valence-corrected chi connectivity index (χ0v) is 19.3. The number of alkyl halides is 2. The predicted molar refractivity (Wildman–Crippen MR) is 123 cm³/mol. The molecular formula is C20H20F2N8OS2. The Hall–Kier alpha value is -2.80. The van der Waals surface area contributed by atoms with Crippen molar-refractivity contribution in [3.63, 3.8) is 0 Å². The molecule has 1 saturated heterocycles. The molecule has 0 saturated carbocycles. The van der Waals surface area contributed by atoms with Crippen LogP contribution in [0, 0.1) is 12.8 Å². The predicted octanol–water partition coefficient (Wildman–Crippen LogP) is 3.11. The topological polar surface area (TPSA) is 98.6 Å². The van der Waals surface area contributed by atoms with E-state index in [4.69, 9.17) is 4.63 Å². The first-order chi connectivity index (χ1) is 15.8. The normalized spacial score (nSPS) is 16.9. The zero-order chi connectivity index (χ0) is 23.2. The van der Waals surface area contributed by atoms with Gasteiger partial charge in [-0.25, -0.2) is 19.3 Å². The lowest BCUT2D eigenvalue weighted by Gasteiger charge is -2.21. The number of anilines is 1. The SMILES string of the molecule is Cc1nonc1Cn1nnc2c(N3CCC(C(S)S)C3)nc(C(F)(F)c3ccccc3)nc21. The van der Waals surface area contributed by atoms with Crippen LogP contribution in [0.15, 0.2) is 35.0 Å². The molecule has 0 bridgehead atoms. The fraction of sp³-hybridized carbons (Fsp3) is 0.400. The van der Waals surface area contributed by atoms with E-state index in [-0.39, 0.29) is 28.3 Å². The van der Waals surface area contributed by atoms with Crippen molar-refractivity contribution in [2.24, 2.45) is 5.92 Å². The average molecular weight is 491 g/mol. The number of thiol groups is 2. The van der Waals surface area contributed by atoms with Crippen molar-refractivity contribution in [2.75, 3.05) is 18.0 Å². The third-order valence-electron chi connectivity index (χ3n) is 5.75. The van der Waals surface area contributed by atoms with Gasteiger partial charge in [-0.3, -0.25) is 0 Å². The molecule has 0 aliphatic carbocycles. The van der Waals surface area contributed by atoms with Gasteiger partial charge >= 0.3 is 5.92 Å². The van der Waals surface area contributed by atoms with Gasteiger partial charge in [-0.2, -0.15) is 34.0 Å². The number of aromatic nitrogens is 7. The van der Waals surface area contributed by atoms with Crippen molar-refractivity contribution in [1.82, 2.24) is 35.3 Å². The summed E-state index contributed by atoms with van der Waals surface area (Å²) in [5, 5.41) is 16.0. The molecule has 9 nitrogen and oxygen atoms in total. The highest BCUT2D eigenvalue weighted by molar-refractivity contribution is 7.99. The molecule has 5 rings (SSSR count). The Morgan fingerprint density at radius 2 is 1.97 bits per heavy atom. The standard InChI is InChI=1S/C20H20F2N8OS2/c1-11-14(27-31-26-11)10-30-17-15(25-28-30)16(29-8-7-12(9-29)18(32)33)23-19(24-17)20(21,22)13-5-3-2-4-6-13/h2-6,12,18,32-33H,7-10H2,1H3. The van der Waals surface area contributed by atoms with Crippen LogP contribution >= 0.6 is 25.3 Å². The second kappa shape index (κ2) is 8.52. The molecule has 33 heavy (non-hydrogen) atoms. The van der Waals surface area contributed by atoms with Crippen LogP contribution in [0.2, 0.25) is 0 Å². The Balaban J connectivity index is 1.64. The van der Waals surface area contributed by atoms with Crippen LogP contribution in [-0.2, 0) is 12.5 Å². The van der Waals surface area contributed by atoms with Gasteiger partial charge in [0.2, 0.25) is 5.82 Å². The van der Waals surface area contributed by atoms with Gasteiger partial charge in [-0.1, -0.05) is 45.9 Å². The number of halogens is 2. The third-order valence-corrected chi connectivity index (χ3v) is 6.60. The van der Waals surface area contributed by atoms with E-state index in [0.717, 1.165) is 6.42 Å². The smallest absolute Gasteiger partial charge is 0.331 e. The molecule has 172 valence electrons. The number of hydrogen-bond acceptors (Lipinski definition) is 10. The highest BCUT2D eigenvalue weighted by Crippen LogP contribution is 2.37. The van der Waals surface area contributed by atoms with Gasteiger partial charge in [0, 0.05) is 23.2 Å². The summed E-state index contributed by atoms with van der Waals surface area (Å²) in [6, 6.07) is 7.49. The van der Waals surface area contributed by atoms with E-state index >= 15 is 8.78 Å². The summed E-state index contributed by atoms with van der Waals surface area (Å²) in [6.07, 6.45) is 0.811. The van der Waals surface area contributed by atoms with E-state index in [1.165, 1.54) is 16.8 Å². The van der Waals surface area contributed by atoms with Crippen molar-refractivity contribution in [2.45, 2.75) is 30.4 Å². The Morgan fingerprint density at radius 1 is 1.18 bits per heavy atom. The largest absolute Gasteiger partial charge is 0.354 e. The fourth-order valence-corrected chi connectivity index (χ4v) is 4.33. The molecule has 1 fully saturated rings. The van der Waals surface area contributed by atoms with Crippen LogP contribution in [0.5, 0.6) is 0 Å². The minimum absolute atomic E-state index is 0.122. The highest BCUT2D eigenvalue weighted by Gasteiger charge is 2.40. The van der Waals surface area contributed by atoms with Gasteiger partial charge < -0.3 is 4.90 Å². The lowest BCUT2D eigenvalue weighted by molar-refractivity contribution is 0.0332. The summed E-state index contributed by atoms with van der Waals surface area (Å²) in [5.74, 6) is -3.54. The van der Waals surface area contributed by atoms with Crippen molar-refractivity contribution < 1.29 is 13.4 Å². The number of rotatable bonds is 6. The first-order valence-electron chi connectivity index (χ1n) is 10.3. The van der Waals surface area contributed by atoms with Crippen LogP contribution in [0.4, 0.5) is 14.6 Å². The minimum atomic E-state index is -3.42. The molecule has 1 aromatic carbocycles. The summed E-state index contributed by atoms with van der Waals surface area (Å²) in [4.78, 5) is 10.4. The first kappa shape index (κ1) is 22.0. The van der Waals surface area contributed by atoms with Crippen LogP contribution in [0.3, 0.4) is 0 Å². The molecule has 1 aliphatic heterocycles. The maximum atomic E-state index is 15.5. The Morgan fingerprint density at radius 3 is 2.64 bits per heavy atom. The van der Waals surface area contributed by atoms with E-state index in [1.807, 2.05) is 4.90 Å². The number of aryl methyl sites for hydroxylation is 1. The molecule has 13 heteroatoms. The number of nitrogens with zero attached hydrogens (tertiary/aromatic N) is 8. The maximum Gasteiger partial charge on any atom is 0.331 e. The van der Waals surface area contributed by atoms with E-state index < -0.39 is 11.7 Å². The van der Waals surface area contributed by atoms with Crippen LogP contribution in [0.25, 0.3) is 11.2 Å². The van der Waals surface area contributed by atoms with Crippen LogP contribution in [0.1, 0.15) is 29.2 Å². The summed E-state index contributed by atoms with van der Waals surface area (Å²) < 4.78 is 37.0. The van der Waals surface area contributed by atoms with Crippen molar-refractivity contribution in [3.05, 3.63) is 53.1 Å². The van der Waals surface area contributed by atoms with Crippen molar-refractivity contribution in [1.29, 1.82) is 0 Å². The first-order valence-corrected chi connectivity index (χ1v) is 11.3. The van der Waals surface area contributed by atoms with Gasteiger partial charge in [-0.05, 0) is 19.3 Å². The summed E-state index contributed by atoms with van der Waals surface area (Å²) in [5.41, 5.74) is 1.40. The number of fused-ring (bicyclic) bond motifs is 1. The molecule has 0 spiro atoms. The van der Waals surface area contributed by atoms with E-state index in [9.17, 15) is 0 Å². The summed E-state index contributed by atoms with van der Waals surface area (Å²) >= 11 is 8.86. The van der Waals surface area contributed by atoms with Crippen LogP contribution in [-0.4, -0.2) is 52.9 Å². The Kier molecular flexibility index (Phi) is 5.69. The zero-order valence-electron chi connectivity index (χ0n) is 17.5. The number of benzene rings is 1. The van der Waals surface area contributed by atoms with E-state index in [2.05, 4.69) is 55.9 Å².